The van der Waals surface area contributed by atoms with Crippen LogP contribution in [0.5, 0.6) is 5.75 Å². The lowest BCUT2D eigenvalue weighted by Gasteiger charge is -2.34. The summed E-state index contributed by atoms with van der Waals surface area (Å²) in [7, 11) is -1.69. The molecule has 2 fully saturated rings. The number of sulfonamides is 1. The summed E-state index contributed by atoms with van der Waals surface area (Å²) in [5.74, 6) is 0.775. The normalized spacial score (nSPS) is 18.9. The van der Waals surface area contributed by atoms with Crippen LogP contribution in [0.2, 0.25) is 0 Å². The van der Waals surface area contributed by atoms with Gasteiger partial charge in [-0.2, -0.15) is 4.31 Å². The Morgan fingerprint density at radius 2 is 1.73 bits per heavy atom. The Hall–Kier alpha value is -1.88. The minimum absolute atomic E-state index is 0.0828. The molecule has 3 rings (SSSR count). The monoisotopic (exact) mass is 440 g/mol. The number of hydrogen-bond donors (Lipinski definition) is 1. The summed E-state index contributed by atoms with van der Waals surface area (Å²) in [6.07, 6.45) is 0.954. The predicted molar refractivity (Wildman–Crippen MR) is 114 cm³/mol. The van der Waals surface area contributed by atoms with Gasteiger partial charge in [0.1, 0.15) is 5.75 Å². The lowest BCUT2D eigenvalue weighted by atomic mass is 10.1. The summed E-state index contributed by atoms with van der Waals surface area (Å²) in [5.41, 5.74) is 1.26. The van der Waals surface area contributed by atoms with Crippen LogP contribution >= 0.6 is 0 Å². The van der Waals surface area contributed by atoms with Gasteiger partial charge in [-0.15, -0.1) is 0 Å². The zero-order chi connectivity index (χ0) is 21.4. The molecule has 0 spiro atoms. The van der Waals surface area contributed by atoms with Crippen LogP contribution in [0.4, 0.5) is 4.79 Å². The molecule has 0 bridgehead atoms. The molecule has 1 N–H and O–H groups in total. The van der Waals surface area contributed by atoms with Crippen molar-refractivity contribution in [1.29, 1.82) is 0 Å². The first-order valence-electron chi connectivity index (χ1n) is 10.4. The van der Waals surface area contributed by atoms with Crippen LogP contribution in [0.3, 0.4) is 0 Å². The number of benzene rings is 1. The molecule has 0 aliphatic carbocycles. The second-order valence-electron chi connectivity index (χ2n) is 7.49. The molecule has 10 heteroatoms. The molecule has 0 radical (unpaired) electrons. The van der Waals surface area contributed by atoms with E-state index in [0.29, 0.717) is 39.4 Å². The number of hydrogen-bond acceptors (Lipinski definition) is 6. The zero-order valence-electron chi connectivity index (χ0n) is 17.6. The fourth-order valence-corrected chi connectivity index (χ4v) is 4.93. The number of nitrogens with zero attached hydrogens (tertiary/aromatic N) is 3. The summed E-state index contributed by atoms with van der Waals surface area (Å²) >= 11 is 0. The second-order valence-corrected chi connectivity index (χ2v) is 9.57. The Balaban J connectivity index is 1.33. The number of rotatable bonds is 8. The minimum atomic E-state index is -3.35. The van der Waals surface area contributed by atoms with Gasteiger partial charge in [0, 0.05) is 52.4 Å². The van der Waals surface area contributed by atoms with Gasteiger partial charge in [0.05, 0.1) is 26.1 Å². The first-order valence-corrected chi connectivity index (χ1v) is 12.0. The zero-order valence-corrected chi connectivity index (χ0v) is 18.4. The summed E-state index contributed by atoms with van der Waals surface area (Å²) in [5, 5.41) is 2.75. The molecule has 0 atom stereocenters. The Labute approximate surface area is 179 Å². The Bertz CT molecular complexity index is 773. The number of carbonyl (C=O) groups excluding carboxylic acids is 1. The van der Waals surface area contributed by atoms with Crippen LogP contribution in [-0.4, -0.2) is 107 Å². The van der Waals surface area contributed by atoms with Gasteiger partial charge in [-0.1, -0.05) is 12.1 Å². The molecular formula is C20H32N4O5S. The van der Waals surface area contributed by atoms with Crippen molar-refractivity contribution in [2.45, 2.75) is 6.42 Å². The summed E-state index contributed by atoms with van der Waals surface area (Å²) in [4.78, 5) is 16.5. The maximum Gasteiger partial charge on any atom is 0.317 e. The van der Waals surface area contributed by atoms with Gasteiger partial charge >= 0.3 is 6.03 Å². The third-order valence-corrected chi connectivity index (χ3v) is 7.41. The molecule has 0 unspecified atom stereocenters. The molecule has 1 aromatic carbocycles. The van der Waals surface area contributed by atoms with E-state index in [1.807, 2.05) is 12.1 Å². The van der Waals surface area contributed by atoms with Crippen molar-refractivity contribution in [3.8, 4) is 5.75 Å². The highest BCUT2D eigenvalue weighted by atomic mass is 32.2. The number of morpholine rings is 1. The fourth-order valence-electron chi connectivity index (χ4n) is 3.61. The van der Waals surface area contributed by atoms with E-state index >= 15 is 0 Å². The van der Waals surface area contributed by atoms with E-state index in [1.54, 1.807) is 12.0 Å². The first kappa shape index (κ1) is 22.8. The molecule has 168 valence electrons. The molecule has 2 heterocycles. The number of nitrogens with one attached hydrogen (secondary N) is 1. The van der Waals surface area contributed by atoms with Crippen LogP contribution < -0.4 is 10.1 Å². The fraction of sp³-hybridized carbons (Fsp3) is 0.650. The van der Waals surface area contributed by atoms with E-state index in [-0.39, 0.29) is 18.3 Å². The van der Waals surface area contributed by atoms with Gasteiger partial charge in [0.2, 0.25) is 10.0 Å². The van der Waals surface area contributed by atoms with Gasteiger partial charge in [0.25, 0.3) is 0 Å². The second kappa shape index (κ2) is 10.9. The van der Waals surface area contributed by atoms with Crippen molar-refractivity contribution >= 4 is 16.1 Å². The van der Waals surface area contributed by atoms with Crippen LogP contribution in [0, 0.1) is 0 Å². The molecule has 2 aliphatic rings. The van der Waals surface area contributed by atoms with E-state index in [0.717, 1.165) is 31.8 Å². The largest absolute Gasteiger partial charge is 0.497 e. The van der Waals surface area contributed by atoms with Gasteiger partial charge in [-0.3, -0.25) is 4.90 Å². The Kier molecular flexibility index (Phi) is 8.32. The Morgan fingerprint density at radius 1 is 1.07 bits per heavy atom. The van der Waals surface area contributed by atoms with E-state index < -0.39 is 10.0 Å². The van der Waals surface area contributed by atoms with Crippen LogP contribution in [0.25, 0.3) is 0 Å². The highest BCUT2D eigenvalue weighted by Gasteiger charge is 2.25. The maximum atomic E-state index is 12.4. The molecule has 2 saturated heterocycles. The van der Waals surface area contributed by atoms with Crippen molar-refractivity contribution < 1.29 is 22.7 Å². The Morgan fingerprint density at radius 3 is 2.37 bits per heavy atom. The number of carbonyl (C=O) groups is 1. The summed E-state index contributed by atoms with van der Waals surface area (Å²) < 4.78 is 36.4. The highest BCUT2D eigenvalue weighted by molar-refractivity contribution is 7.89. The van der Waals surface area contributed by atoms with Crippen molar-refractivity contribution in [1.82, 2.24) is 19.4 Å². The smallest absolute Gasteiger partial charge is 0.317 e. The maximum absolute atomic E-state index is 12.4. The van der Waals surface area contributed by atoms with Gasteiger partial charge in [-0.25, -0.2) is 13.2 Å². The molecule has 0 aromatic heterocycles. The van der Waals surface area contributed by atoms with E-state index in [1.165, 1.54) is 9.87 Å². The molecule has 2 aliphatic heterocycles. The third kappa shape index (κ3) is 6.56. The third-order valence-electron chi connectivity index (χ3n) is 5.53. The molecule has 1 aromatic rings. The minimum Gasteiger partial charge on any atom is -0.497 e. The van der Waals surface area contributed by atoms with Crippen molar-refractivity contribution in [2.75, 3.05) is 78.4 Å². The number of amides is 2. The summed E-state index contributed by atoms with van der Waals surface area (Å²) in [6.45, 7) is 5.60. The van der Waals surface area contributed by atoms with Crippen LogP contribution in [-0.2, 0) is 21.2 Å². The van der Waals surface area contributed by atoms with Gasteiger partial charge < -0.3 is 19.7 Å². The standard InChI is InChI=1S/C20H32N4O5S/c1-28-19-4-2-18(3-5-19)6-8-22-9-11-23(12-10-22)20(25)21-7-17-30(26,27)24-13-15-29-16-14-24/h2-5H,6-17H2,1H3,(H,21,25). The average Bonchev–Trinajstić information content (AvgIpc) is 2.79. The quantitative estimate of drug-likeness (QED) is 0.622. The molecular weight excluding hydrogens is 408 g/mol. The van der Waals surface area contributed by atoms with E-state index in [9.17, 15) is 13.2 Å². The summed E-state index contributed by atoms with van der Waals surface area (Å²) in [6, 6.07) is 7.90. The first-order chi connectivity index (χ1) is 14.5. The molecule has 2 amide bonds. The number of piperazine rings is 1. The van der Waals surface area contributed by atoms with Crippen molar-refractivity contribution in [3.63, 3.8) is 0 Å². The molecule has 9 nitrogen and oxygen atoms in total. The van der Waals surface area contributed by atoms with E-state index in [2.05, 4.69) is 22.3 Å². The van der Waals surface area contributed by atoms with Crippen molar-refractivity contribution in [2.24, 2.45) is 0 Å². The highest BCUT2D eigenvalue weighted by Crippen LogP contribution is 2.12. The van der Waals surface area contributed by atoms with E-state index in [4.69, 9.17) is 9.47 Å². The molecule has 0 saturated carbocycles. The topological polar surface area (TPSA) is 91.4 Å². The van der Waals surface area contributed by atoms with Crippen molar-refractivity contribution in [3.05, 3.63) is 29.8 Å². The van der Waals surface area contributed by atoms with Gasteiger partial charge in [-0.05, 0) is 24.1 Å². The van der Waals surface area contributed by atoms with Crippen LogP contribution in [0.1, 0.15) is 5.56 Å². The number of urea groups is 1. The number of methoxy groups -OCH3 is 1. The average molecular weight is 441 g/mol. The van der Waals surface area contributed by atoms with Gasteiger partial charge in [0.15, 0.2) is 0 Å². The lowest BCUT2D eigenvalue weighted by molar-refractivity contribution is 0.0730. The number of ether oxygens (including phenoxy) is 2. The lowest BCUT2D eigenvalue weighted by Crippen LogP contribution is -2.52. The SMILES string of the molecule is COc1ccc(CCN2CCN(C(=O)NCCS(=O)(=O)N3CCOCC3)CC2)cc1. The van der Waals surface area contributed by atoms with Crippen LogP contribution in [0.15, 0.2) is 24.3 Å². The molecule has 30 heavy (non-hydrogen) atoms. The predicted octanol–water partition coefficient (Wildman–Crippen LogP) is 0.227.